The van der Waals surface area contributed by atoms with Crippen LogP contribution in [-0.2, 0) is 73.4 Å². The molecule has 454 valence electrons. The van der Waals surface area contributed by atoms with Crippen LogP contribution in [0.2, 0.25) is 0 Å². The van der Waals surface area contributed by atoms with Crippen molar-refractivity contribution in [2.45, 2.75) is 98.2 Å². The van der Waals surface area contributed by atoms with Crippen molar-refractivity contribution in [3.8, 4) is 0 Å². The van der Waals surface area contributed by atoms with Crippen LogP contribution in [-0.4, -0.2) is 188 Å². The number of phosphoric ester groups is 3. The Morgan fingerprint density at radius 2 is 0.976 bits per heavy atom. The second-order valence-electron chi connectivity index (χ2n) is 18.1. The Morgan fingerprint density at radius 1 is 0.554 bits per heavy atom. The van der Waals surface area contributed by atoms with Gasteiger partial charge in [-0.25, -0.2) is 42.2 Å². The number of nitrogen functional groups attached to an aromatic ring is 2. The average molecular weight is 1260 g/mol. The van der Waals surface area contributed by atoms with E-state index in [1.807, 2.05) is 9.97 Å². The molecule has 0 aromatic carbocycles. The molecule has 0 radical (unpaired) electrons. The lowest BCUT2D eigenvalue weighted by Crippen LogP contribution is -2.39. The number of phosphoric acid groups is 3. The van der Waals surface area contributed by atoms with E-state index in [0.717, 1.165) is 52.3 Å². The van der Waals surface area contributed by atoms with Crippen molar-refractivity contribution in [1.29, 1.82) is 0 Å². The predicted octanol–water partition coefficient (Wildman–Crippen LogP) is -6.35. The molecule has 4 aliphatic heterocycles. The van der Waals surface area contributed by atoms with Crippen molar-refractivity contribution in [3.63, 3.8) is 0 Å². The van der Waals surface area contributed by atoms with Gasteiger partial charge in [0.25, 0.3) is 16.7 Å². The molecule has 4 saturated heterocycles. The van der Waals surface area contributed by atoms with Crippen molar-refractivity contribution >= 4 is 54.3 Å². The summed E-state index contributed by atoms with van der Waals surface area (Å²) in [5, 5.41) is 55.7. The summed E-state index contributed by atoms with van der Waals surface area (Å²) in [6.45, 7) is -4.75. The Hall–Kier alpha value is -5.98. The zero-order valence-corrected chi connectivity index (χ0v) is 44.8. The molecular weight excluding hydrogens is 1220 g/mol. The highest BCUT2D eigenvalue weighted by Gasteiger charge is 2.55. The van der Waals surface area contributed by atoms with E-state index in [4.69, 9.17) is 57.6 Å². The van der Waals surface area contributed by atoms with Crippen molar-refractivity contribution < 1.29 is 114 Å². The fraction of sp³-hybridized carbons (Fsp3) is 0.541. The van der Waals surface area contributed by atoms with E-state index in [2.05, 4.69) is 24.5 Å². The molecular formula is C37H46N12O30P4. The van der Waals surface area contributed by atoms with Crippen LogP contribution in [0.5, 0.6) is 0 Å². The molecule has 0 saturated carbocycles. The number of nitrogens with two attached hydrogens (primary N) is 2. The number of rotatable bonds is 22. The van der Waals surface area contributed by atoms with Crippen LogP contribution in [0.3, 0.4) is 0 Å². The lowest BCUT2D eigenvalue weighted by Gasteiger charge is -2.26. The number of ether oxygens (including phenoxy) is 4. The third kappa shape index (κ3) is 13.4. The van der Waals surface area contributed by atoms with Gasteiger partial charge in [-0.15, -0.1) is 0 Å². The third-order valence-corrected chi connectivity index (χ3v) is 16.0. The monoisotopic (exact) mass is 1260 g/mol. The first-order chi connectivity index (χ1) is 39.0. The van der Waals surface area contributed by atoms with Crippen molar-refractivity contribution in [2.24, 2.45) is 0 Å². The maximum atomic E-state index is 14.0. The molecule has 5 aromatic heterocycles. The van der Waals surface area contributed by atoms with Crippen LogP contribution in [0.25, 0.3) is 11.2 Å². The standard InChI is InChI=1S/C37H46N12O30P4/c38-16-1-4-46(35(58)41-16)30-21(53)20(52)12(73-30)8-70-81(63,64)78-26-14(75-32(23(26)55)48-6-3-18(51)43-37(48)60)9-71-83(67,68)79-27-15(76-33(24(27)56)49-11-40-19-28(49)44-34(39)45-29(19)57)10-72-82(65,66)77-25-13(7-69-80(61)62)74-31(22(25)54)47-5-2-17(50)42-36(47)59/h1-6,11-15,20-27,30-33,52-56H,7-10H2,(H,63,64)(H,65,66)(H,67,68)(H2,38,41,58)(H,42,50,59)(H,43,51,60)(H3,39,44,45,57)/t12-,13-,14-,15-,20-,21-,22-,23-,24-,25-,26-,27-,30-,31-,32-,33-/m1/s1. The minimum absolute atomic E-state index is 0.200. The molecule has 4 fully saturated rings. The number of hydrogen-bond acceptors (Lipinski definition) is 32. The Balaban J connectivity index is 0.937. The second-order valence-corrected chi connectivity index (χ2v) is 23.0. The SMILES string of the molecule is Nc1ccn([C@@H]2O[C@H](COP(=O)(O)O[C@H]3[C@@H](O)[C@H](n4ccc(=O)[nH]c4=O)O[C@@H]3COP(=O)(O)O[C@H]3[C@@H](O)[C@H](n4cnc5c(=O)[nH]c(N)nc54)O[C@@H]3COP(=O)(O)O[C@H]3[C@@H](O)[C@H](n4ccc(=O)[nH]c4=O)O[C@@H]3COP(=O)=O)[C@@H](O)[C@H]2O)c(=O)n1. The number of aromatic amines is 3. The molecule has 83 heavy (non-hydrogen) atoms. The van der Waals surface area contributed by atoms with E-state index in [1.54, 1.807) is 0 Å². The van der Waals surface area contributed by atoms with Gasteiger partial charge in [-0.1, -0.05) is 0 Å². The van der Waals surface area contributed by atoms with Crippen LogP contribution in [0.4, 0.5) is 11.8 Å². The highest BCUT2D eigenvalue weighted by Crippen LogP contribution is 2.54. The number of aliphatic hydroxyl groups excluding tert-OH is 5. The number of imidazole rings is 1. The molecule has 42 nitrogen and oxygen atoms in total. The van der Waals surface area contributed by atoms with Gasteiger partial charge in [0.1, 0.15) is 79.1 Å². The Bertz CT molecular complexity index is 3820. The summed E-state index contributed by atoms with van der Waals surface area (Å²) in [5.41, 5.74) is 4.34. The normalized spacial score (nSPS) is 32.1. The van der Waals surface area contributed by atoms with Gasteiger partial charge in [-0.3, -0.25) is 79.3 Å². The van der Waals surface area contributed by atoms with Gasteiger partial charge in [-0.2, -0.15) is 9.97 Å². The van der Waals surface area contributed by atoms with E-state index in [-0.39, 0.29) is 11.5 Å². The number of aromatic nitrogens is 10. The van der Waals surface area contributed by atoms with E-state index in [9.17, 15) is 91.8 Å². The van der Waals surface area contributed by atoms with Crippen LogP contribution in [0.15, 0.2) is 71.9 Å². The quantitative estimate of drug-likeness (QED) is 0.0287. The first-order valence-electron chi connectivity index (χ1n) is 23.5. The van der Waals surface area contributed by atoms with Crippen molar-refractivity contribution in [1.82, 2.24) is 48.2 Å². The van der Waals surface area contributed by atoms with Crippen LogP contribution in [0.1, 0.15) is 24.9 Å². The largest absolute Gasteiger partial charge is 0.472 e. The second kappa shape index (κ2) is 24.2. The smallest absolute Gasteiger partial charge is 0.387 e. The van der Waals surface area contributed by atoms with Gasteiger partial charge >= 0.3 is 48.4 Å². The molecule has 5 aromatic rings. The molecule has 4 aliphatic rings. The molecule has 19 atom stereocenters. The average Bonchev–Trinajstić information content (AvgIpc) is 2.74. The van der Waals surface area contributed by atoms with Gasteiger partial charge < -0.3 is 70.6 Å². The highest BCUT2D eigenvalue weighted by atomic mass is 31.2. The summed E-state index contributed by atoms with van der Waals surface area (Å²) in [7, 11) is -20.7. The van der Waals surface area contributed by atoms with E-state index in [0.29, 0.717) is 9.13 Å². The Morgan fingerprint density at radius 3 is 1.43 bits per heavy atom. The minimum Gasteiger partial charge on any atom is -0.387 e. The van der Waals surface area contributed by atoms with E-state index in [1.165, 1.54) is 0 Å². The van der Waals surface area contributed by atoms with Gasteiger partial charge in [0.05, 0.1) is 32.8 Å². The summed E-state index contributed by atoms with van der Waals surface area (Å²) < 4.78 is 125. The number of fused-ring (bicyclic) bond motifs is 1. The molecule has 0 amide bonds. The number of aliphatic hydroxyl groups is 5. The summed E-state index contributed by atoms with van der Waals surface area (Å²) >= 11 is 0. The highest BCUT2D eigenvalue weighted by molar-refractivity contribution is 7.48. The molecule has 0 bridgehead atoms. The Kier molecular flexibility index (Phi) is 17.9. The number of anilines is 2. The van der Waals surface area contributed by atoms with Crippen LogP contribution < -0.4 is 45.2 Å². The first-order valence-corrected chi connectivity index (χ1v) is 29.0. The molecule has 0 aliphatic carbocycles. The number of nitrogens with one attached hydrogen (secondary N) is 3. The van der Waals surface area contributed by atoms with E-state index < -0.39 is 201 Å². The lowest BCUT2D eigenvalue weighted by atomic mass is 10.1. The molecule has 9 heterocycles. The molecule has 9 rings (SSSR count). The first kappa shape index (κ1) is 61.6. The molecule has 15 N–H and O–H groups in total. The maximum Gasteiger partial charge on any atom is 0.472 e. The summed E-state index contributed by atoms with van der Waals surface area (Å²) in [5.74, 6) is -0.679. The van der Waals surface area contributed by atoms with Gasteiger partial charge in [0.15, 0.2) is 36.1 Å². The fourth-order valence-electron chi connectivity index (χ4n) is 8.93. The summed E-state index contributed by atoms with van der Waals surface area (Å²) in [4.78, 5) is 124. The number of H-pyrrole nitrogens is 3. The molecule has 0 spiro atoms. The maximum absolute atomic E-state index is 14.0. The Labute approximate surface area is 456 Å². The molecule has 3 unspecified atom stereocenters. The fourth-order valence-corrected chi connectivity index (χ4v) is 12.1. The van der Waals surface area contributed by atoms with Gasteiger partial charge in [0, 0.05) is 30.7 Å². The van der Waals surface area contributed by atoms with Crippen LogP contribution in [0, 0.1) is 0 Å². The number of hydrogen-bond donors (Lipinski definition) is 13. The van der Waals surface area contributed by atoms with Gasteiger partial charge in [0.2, 0.25) is 5.95 Å². The topological polar surface area (TPSA) is 609 Å². The number of nitrogens with zero attached hydrogens (tertiary/aromatic N) is 7. The zero-order valence-electron chi connectivity index (χ0n) is 41.2. The van der Waals surface area contributed by atoms with Gasteiger partial charge in [-0.05, 0) is 6.07 Å². The third-order valence-electron chi connectivity index (χ3n) is 12.7. The molecule has 46 heteroatoms. The summed E-state index contributed by atoms with van der Waals surface area (Å²) in [6, 6.07) is 2.79. The lowest BCUT2D eigenvalue weighted by molar-refractivity contribution is -0.0650. The van der Waals surface area contributed by atoms with Crippen molar-refractivity contribution in [3.05, 3.63) is 106 Å². The summed E-state index contributed by atoms with van der Waals surface area (Å²) in [6.07, 6.45) is -28.3. The van der Waals surface area contributed by atoms with Crippen molar-refractivity contribution in [2.75, 3.05) is 37.9 Å². The zero-order chi connectivity index (χ0) is 60.2. The predicted molar refractivity (Wildman–Crippen MR) is 260 cm³/mol. The van der Waals surface area contributed by atoms with E-state index >= 15 is 0 Å². The minimum atomic E-state index is -5.82. The van der Waals surface area contributed by atoms with Crippen LogP contribution >= 0.6 is 31.4 Å².